The van der Waals surface area contributed by atoms with Gasteiger partial charge < -0.3 is 10.1 Å². The summed E-state index contributed by atoms with van der Waals surface area (Å²) in [5, 5.41) is 4.00. The van der Waals surface area contributed by atoms with Crippen molar-refractivity contribution in [2.24, 2.45) is 5.92 Å². The second-order valence-corrected chi connectivity index (χ2v) is 5.97. The first kappa shape index (κ1) is 18.0. The van der Waals surface area contributed by atoms with Crippen molar-refractivity contribution in [1.29, 1.82) is 0 Å². The normalized spacial score (nSPS) is 20.6. The summed E-state index contributed by atoms with van der Waals surface area (Å²) in [5.41, 5.74) is 1.14. The van der Waals surface area contributed by atoms with Gasteiger partial charge in [0.2, 0.25) is 5.88 Å². The number of pyridine rings is 1. The number of rotatable bonds is 4. The largest absolute Gasteiger partial charge is 0.477 e. The first-order valence-electron chi connectivity index (χ1n) is 7.43. The fourth-order valence-corrected chi connectivity index (χ4v) is 2.96. The lowest BCUT2D eigenvalue weighted by molar-refractivity contribution is 0.189. The number of hydrogen-bond acceptors (Lipinski definition) is 3. The van der Waals surface area contributed by atoms with Gasteiger partial charge in [-0.05, 0) is 36.7 Å². The SMILES string of the molecule is Cl.Fc1ccc(C2CNCCC2COc2ccc(Cl)cn2)cc1. The van der Waals surface area contributed by atoms with Crippen LogP contribution in [0.2, 0.25) is 5.02 Å². The monoisotopic (exact) mass is 356 g/mol. The van der Waals surface area contributed by atoms with Crippen LogP contribution in [0.25, 0.3) is 0 Å². The van der Waals surface area contributed by atoms with Crippen molar-refractivity contribution in [2.75, 3.05) is 19.7 Å². The molecule has 1 N–H and O–H groups in total. The number of halogens is 3. The Hall–Kier alpha value is -1.36. The van der Waals surface area contributed by atoms with Crippen LogP contribution in [0, 0.1) is 11.7 Å². The third-order valence-electron chi connectivity index (χ3n) is 4.07. The van der Waals surface area contributed by atoms with Crippen LogP contribution in [0.3, 0.4) is 0 Å². The molecule has 2 unspecified atom stereocenters. The summed E-state index contributed by atoms with van der Waals surface area (Å²) in [5.74, 6) is 1.08. The minimum atomic E-state index is -0.203. The number of piperidine rings is 1. The van der Waals surface area contributed by atoms with Crippen LogP contribution in [0.4, 0.5) is 4.39 Å². The molecule has 2 aromatic rings. The van der Waals surface area contributed by atoms with Gasteiger partial charge in [-0.25, -0.2) is 9.37 Å². The zero-order valence-electron chi connectivity index (χ0n) is 12.5. The minimum Gasteiger partial charge on any atom is -0.477 e. The average Bonchev–Trinajstić information content (AvgIpc) is 2.55. The molecule has 1 aromatic heterocycles. The van der Waals surface area contributed by atoms with E-state index in [1.807, 2.05) is 12.1 Å². The van der Waals surface area contributed by atoms with Crippen molar-refractivity contribution < 1.29 is 9.13 Å². The Morgan fingerprint density at radius 2 is 2.00 bits per heavy atom. The van der Waals surface area contributed by atoms with Crippen LogP contribution in [-0.2, 0) is 0 Å². The molecule has 1 fully saturated rings. The van der Waals surface area contributed by atoms with Gasteiger partial charge in [-0.1, -0.05) is 23.7 Å². The lowest BCUT2D eigenvalue weighted by Gasteiger charge is -2.32. The van der Waals surface area contributed by atoms with Crippen LogP contribution in [0.15, 0.2) is 42.6 Å². The van der Waals surface area contributed by atoms with Crippen LogP contribution in [-0.4, -0.2) is 24.7 Å². The quantitative estimate of drug-likeness (QED) is 0.896. The molecule has 1 aliphatic rings. The molecule has 124 valence electrons. The molecule has 0 spiro atoms. The predicted octanol–water partition coefficient (Wildman–Crippen LogP) is 4.07. The molecular formula is C17H19Cl2FN2O. The van der Waals surface area contributed by atoms with E-state index in [-0.39, 0.29) is 18.2 Å². The van der Waals surface area contributed by atoms with Crippen LogP contribution in [0.1, 0.15) is 17.9 Å². The molecule has 0 aliphatic carbocycles. The van der Waals surface area contributed by atoms with E-state index in [4.69, 9.17) is 16.3 Å². The number of nitrogens with one attached hydrogen (secondary N) is 1. The summed E-state index contributed by atoms with van der Waals surface area (Å²) in [6, 6.07) is 10.3. The van der Waals surface area contributed by atoms with Gasteiger partial charge in [-0.15, -0.1) is 12.4 Å². The van der Waals surface area contributed by atoms with Crippen molar-refractivity contribution in [1.82, 2.24) is 10.3 Å². The first-order chi connectivity index (χ1) is 10.7. The van der Waals surface area contributed by atoms with Gasteiger partial charge in [-0.3, -0.25) is 0 Å². The molecule has 6 heteroatoms. The number of hydrogen-bond donors (Lipinski definition) is 1. The zero-order valence-corrected chi connectivity index (χ0v) is 14.1. The van der Waals surface area contributed by atoms with Crippen LogP contribution < -0.4 is 10.1 Å². The summed E-state index contributed by atoms with van der Waals surface area (Å²) in [6.45, 7) is 2.45. The Labute approximate surface area is 146 Å². The van der Waals surface area contributed by atoms with Crippen molar-refractivity contribution in [3.05, 3.63) is 59.0 Å². The Bertz CT molecular complexity index is 607. The third-order valence-corrected chi connectivity index (χ3v) is 4.29. The molecule has 0 radical (unpaired) electrons. The van der Waals surface area contributed by atoms with E-state index in [0.717, 1.165) is 25.1 Å². The molecule has 1 aromatic carbocycles. The van der Waals surface area contributed by atoms with Crippen LogP contribution >= 0.6 is 24.0 Å². The van der Waals surface area contributed by atoms with Crippen molar-refractivity contribution in [3.8, 4) is 5.88 Å². The Morgan fingerprint density at radius 3 is 2.70 bits per heavy atom. The number of ether oxygens (including phenoxy) is 1. The maximum Gasteiger partial charge on any atom is 0.213 e. The van der Waals surface area contributed by atoms with Gasteiger partial charge in [0.05, 0.1) is 11.6 Å². The number of benzene rings is 1. The van der Waals surface area contributed by atoms with Crippen molar-refractivity contribution in [2.45, 2.75) is 12.3 Å². The van der Waals surface area contributed by atoms with E-state index < -0.39 is 0 Å². The Morgan fingerprint density at radius 1 is 1.22 bits per heavy atom. The zero-order chi connectivity index (χ0) is 15.4. The summed E-state index contributed by atoms with van der Waals surface area (Å²) >= 11 is 5.82. The van der Waals surface area contributed by atoms with E-state index in [1.54, 1.807) is 18.3 Å². The van der Waals surface area contributed by atoms with Gasteiger partial charge in [0, 0.05) is 30.6 Å². The van der Waals surface area contributed by atoms with Gasteiger partial charge >= 0.3 is 0 Å². The fourth-order valence-electron chi connectivity index (χ4n) is 2.85. The summed E-state index contributed by atoms with van der Waals surface area (Å²) < 4.78 is 18.9. The standard InChI is InChI=1S/C17H18ClFN2O.ClH/c18-14-3-6-17(21-9-14)22-11-13-7-8-20-10-16(13)12-1-4-15(19)5-2-12;/h1-6,9,13,16,20H,7-8,10-11H2;1H. The van der Waals surface area contributed by atoms with Gasteiger partial charge in [-0.2, -0.15) is 0 Å². The molecule has 0 bridgehead atoms. The Kier molecular flexibility index (Phi) is 6.63. The number of aromatic nitrogens is 1. The fraction of sp³-hybridized carbons (Fsp3) is 0.353. The van der Waals surface area contributed by atoms with E-state index in [2.05, 4.69) is 10.3 Å². The Balaban J connectivity index is 0.00000192. The molecule has 2 atom stereocenters. The van der Waals surface area contributed by atoms with Gasteiger partial charge in [0.25, 0.3) is 0 Å². The highest BCUT2D eigenvalue weighted by atomic mass is 35.5. The highest BCUT2D eigenvalue weighted by Crippen LogP contribution is 2.30. The first-order valence-corrected chi connectivity index (χ1v) is 7.81. The number of nitrogens with zero attached hydrogens (tertiary/aromatic N) is 1. The summed E-state index contributed by atoms with van der Waals surface area (Å²) in [7, 11) is 0. The minimum absolute atomic E-state index is 0. The molecule has 0 amide bonds. The van der Waals surface area contributed by atoms with Crippen LogP contribution in [0.5, 0.6) is 5.88 Å². The van der Waals surface area contributed by atoms with E-state index in [9.17, 15) is 4.39 Å². The smallest absolute Gasteiger partial charge is 0.213 e. The predicted molar refractivity (Wildman–Crippen MR) is 92.1 cm³/mol. The molecule has 3 rings (SSSR count). The molecular weight excluding hydrogens is 338 g/mol. The van der Waals surface area contributed by atoms with Crippen molar-refractivity contribution >= 4 is 24.0 Å². The molecule has 1 aliphatic heterocycles. The lowest BCUT2D eigenvalue weighted by atomic mass is 9.82. The van der Waals surface area contributed by atoms with E-state index in [0.29, 0.717) is 29.3 Å². The van der Waals surface area contributed by atoms with E-state index >= 15 is 0 Å². The topological polar surface area (TPSA) is 34.1 Å². The lowest BCUT2D eigenvalue weighted by Crippen LogP contribution is -2.37. The van der Waals surface area contributed by atoms with Crippen molar-refractivity contribution in [3.63, 3.8) is 0 Å². The highest BCUT2D eigenvalue weighted by molar-refractivity contribution is 6.30. The molecule has 1 saturated heterocycles. The summed E-state index contributed by atoms with van der Waals surface area (Å²) in [4.78, 5) is 4.15. The second-order valence-electron chi connectivity index (χ2n) is 5.54. The molecule has 2 heterocycles. The molecule has 3 nitrogen and oxygen atoms in total. The highest BCUT2D eigenvalue weighted by Gasteiger charge is 2.27. The average molecular weight is 357 g/mol. The third kappa shape index (κ3) is 4.80. The van der Waals surface area contributed by atoms with E-state index in [1.165, 1.54) is 12.1 Å². The van der Waals surface area contributed by atoms with Gasteiger partial charge in [0.1, 0.15) is 5.82 Å². The molecule has 0 saturated carbocycles. The maximum absolute atomic E-state index is 13.1. The summed E-state index contributed by atoms with van der Waals surface area (Å²) in [6.07, 6.45) is 2.60. The second kappa shape index (κ2) is 8.48. The maximum atomic E-state index is 13.1. The molecule has 23 heavy (non-hydrogen) atoms. The van der Waals surface area contributed by atoms with Gasteiger partial charge in [0.15, 0.2) is 0 Å².